The van der Waals surface area contributed by atoms with Crippen LogP contribution in [0.5, 0.6) is 0 Å². The number of carbonyl (C=O) groups is 2. The first-order chi connectivity index (χ1) is 11.5. The molecule has 0 atom stereocenters. The summed E-state index contributed by atoms with van der Waals surface area (Å²) >= 11 is 0. The number of pyridine rings is 1. The molecule has 2 aliphatic rings. The molecule has 1 fully saturated rings. The van der Waals surface area contributed by atoms with Crippen LogP contribution in [0.1, 0.15) is 12.5 Å². The zero-order valence-electron chi connectivity index (χ0n) is 12.7. The van der Waals surface area contributed by atoms with Crippen LogP contribution in [0.3, 0.4) is 0 Å². The molecular weight excluding hydrogens is 351 g/mol. The lowest BCUT2D eigenvalue weighted by Crippen LogP contribution is -2.57. The van der Waals surface area contributed by atoms with Crippen LogP contribution in [-0.4, -0.2) is 40.8 Å². The highest BCUT2D eigenvalue weighted by Gasteiger charge is 2.47. The Morgan fingerprint density at radius 3 is 2.32 bits per heavy atom. The van der Waals surface area contributed by atoms with Crippen LogP contribution in [0.15, 0.2) is 23.8 Å². The molecule has 134 valence electrons. The number of amides is 2. The quantitative estimate of drug-likeness (QED) is 0.660. The predicted octanol–water partition coefficient (Wildman–Crippen LogP) is 2.20. The molecule has 0 aromatic carbocycles. The zero-order valence-corrected chi connectivity index (χ0v) is 12.7. The van der Waals surface area contributed by atoms with Crippen molar-refractivity contribution in [3.8, 4) is 0 Å². The molecular formula is C14H11F5N4O2. The minimum atomic E-state index is -4.79. The molecule has 2 aliphatic heterocycles. The summed E-state index contributed by atoms with van der Waals surface area (Å²) in [6.07, 6.45) is -3.74. The van der Waals surface area contributed by atoms with Crippen LogP contribution in [0.25, 0.3) is 0 Å². The van der Waals surface area contributed by atoms with Crippen molar-refractivity contribution in [1.29, 1.82) is 0 Å². The maximum atomic E-state index is 13.1. The Bertz CT molecular complexity index is 782. The number of nitrogens with zero attached hydrogens (tertiary/aromatic N) is 3. The van der Waals surface area contributed by atoms with Crippen molar-refractivity contribution in [2.45, 2.75) is 19.0 Å². The molecule has 0 aliphatic carbocycles. The van der Waals surface area contributed by atoms with E-state index in [-0.39, 0.29) is 11.4 Å². The molecule has 2 amide bonds. The minimum absolute atomic E-state index is 0.145. The highest BCUT2D eigenvalue weighted by atomic mass is 19.4. The van der Waals surface area contributed by atoms with Crippen molar-refractivity contribution in [3.05, 3.63) is 29.3 Å². The monoisotopic (exact) mass is 362 g/mol. The molecule has 6 nitrogen and oxygen atoms in total. The Hall–Kier alpha value is -2.72. The molecule has 1 saturated heterocycles. The van der Waals surface area contributed by atoms with Gasteiger partial charge in [-0.15, -0.1) is 0 Å². The first kappa shape index (κ1) is 17.1. The number of halogens is 5. The number of alkyl halides is 5. The van der Waals surface area contributed by atoms with E-state index in [1.54, 1.807) is 0 Å². The van der Waals surface area contributed by atoms with Gasteiger partial charge in [-0.25, -0.2) is 13.8 Å². The highest BCUT2D eigenvalue weighted by Crippen LogP contribution is 2.40. The van der Waals surface area contributed by atoms with Crippen LogP contribution >= 0.6 is 0 Å². The fourth-order valence-electron chi connectivity index (χ4n) is 2.44. The lowest BCUT2D eigenvalue weighted by Gasteiger charge is -2.40. The van der Waals surface area contributed by atoms with Gasteiger partial charge in [-0.2, -0.15) is 18.2 Å². The predicted molar refractivity (Wildman–Crippen MR) is 75.6 cm³/mol. The average Bonchev–Trinajstić information content (AvgIpc) is 2.70. The van der Waals surface area contributed by atoms with Gasteiger partial charge in [0.15, 0.2) is 0 Å². The van der Waals surface area contributed by atoms with Gasteiger partial charge in [-0.3, -0.25) is 15.0 Å². The lowest BCUT2D eigenvalue weighted by atomic mass is 10.1. The van der Waals surface area contributed by atoms with Gasteiger partial charge in [0.05, 0.1) is 18.7 Å². The number of hydrogen-bond donors (Lipinski definition) is 1. The van der Waals surface area contributed by atoms with Crippen molar-refractivity contribution in [2.75, 3.05) is 23.4 Å². The number of carbonyl (C=O) groups excluding carboxylic acids is 2. The summed E-state index contributed by atoms with van der Waals surface area (Å²) in [5.41, 5.74) is 1.27. The second-order valence-electron chi connectivity index (χ2n) is 5.70. The third-order valence-corrected chi connectivity index (χ3v) is 3.65. The fourth-order valence-corrected chi connectivity index (χ4v) is 2.44. The molecule has 3 rings (SSSR count). The standard InChI is InChI=1S/C14H11F5N4O2/c1-7-4-10(24)23(12(7)25)21-9-3-2-8(14(17,18)19)11(20-9)22-5-13(15,16)6-22/h2-4H,5-6H2,1H3,(H,20,21). The summed E-state index contributed by atoms with van der Waals surface area (Å²) < 4.78 is 65.2. The van der Waals surface area contributed by atoms with Gasteiger partial charge in [0.1, 0.15) is 11.6 Å². The molecule has 0 unspecified atom stereocenters. The Kier molecular flexibility index (Phi) is 3.69. The second-order valence-corrected chi connectivity index (χ2v) is 5.70. The average molecular weight is 362 g/mol. The summed E-state index contributed by atoms with van der Waals surface area (Å²) in [6.45, 7) is -0.390. The molecule has 25 heavy (non-hydrogen) atoms. The molecule has 1 aromatic heterocycles. The van der Waals surface area contributed by atoms with E-state index in [1.165, 1.54) is 6.92 Å². The fraction of sp³-hybridized carbons (Fsp3) is 0.357. The molecule has 1 aromatic rings. The van der Waals surface area contributed by atoms with E-state index in [2.05, 4.69) is 10.4 Å². The van der Waals surface area contributed by atoms with Crippen LogP contribution in [0.4, 0.5) is 33.6 Å². The number of imide groups is 1. The van der Waals surface area contributed by atoms with Crippen LogP contribution < -0.4 is 10.3 Å². The molecule has 0 radical (unpaired) electrons. The van der Waals surface area contributed by atoms with Gasteiger partial charge in [0, 0.05) is 11.6 Å². The van der Waals surface area contributed by atoms with Gasteiger partial charge in [0.25, 0.3) is 17.7 Å². The number of rotatable bonds is 3. The van der Waals surface area contributed by atoms with Crippen LogP contribution in [-0.2, 0) is 15.8 Å². The summed E-state index contributed by atoms with van der Waals surface area (Å²) in [7, 11) is 0. The van der Waals surface area contributed by atoms with Crippen LogP contribution in [0.2, 0.25) is 0 Å². The van der Waals surface area contributed by atoms with E-state index in [1.807, 2.05) is 0 Å². The van der Waals surface area contributed by atoms with E-state index in [0.29, 0.717) is 11.1 Å². The van der Waals surface area contributed by atoms with E-state index in [9.17, 15) is 31.5 Å². The number of hydrogen-bond acceptors (Lipinski definition) is 5. The van der Waals surface area contributed by atoms with E-state index in [0.717, 1.165) is 17.0 Å². The molecule has 0 bridgehead atoms. The third kappa shape index (κ3) is 3.13. The minimum Gasteiger partial charge on any atom is -0.344 e. The van der Waals surface area contributed by atoms with Crippen molar-refractivity contribution in [1.82, 2.24) is 9.99 Å². The molecule has 3 heterocycles. The van der Waals surface area contributed by atoms with Crippen LogP contribution in [0, 0.1) is 0 Å². The molecule has 0 spiro atoms. The van der Waals surface area contributed by atoms with Gasteiger partial charge in [-0.05, 0) is 19.1 Å². The maximum Gasteiger partial charge on any atom is 0.419 e. The highest BCUT2D eigenvalue weighted by molar-refractivity contribution is 6.16. The maximum absolute atomic E-state index is 13.1. The Morgan fingerprint density at radius 1 is 1.20 bits per heavy atom. The normalized spacial score (nSPS) is 19.8. The van der Waals surface area contributed by atoms with Gasteiger partial charge < -0.3 is 4.90 Å². The second kappa shape index (κ2) is 5.39. The van der Waals surface area contributed by atoms with E-state index < -0.39 is 48.4 Å². The lowest BCUT2D eigenvalue weighted by molar-refractivity contribution is -0.138. The van der Waals surface area contributed by atoms with Crippen molar-refractivity contribution in [2.24, 2.45) is 0 Å². The van der Waals surface area contributed by atoms with Gasteiger partial charge in [-0.1, -0.05) is 0 Å². The number of anilines is 2. The Morgan fingerprint density at radius 2 is 1.84 bits per heavy atom. The largest absolute Gasteiger partial charge is 0.419 e. The van der Waals surface area contributed by atoms with E-state index >= 15 is 0 Å². The zero-order chi connectivity index (χ0) is 18.6. The van der Waals surface area contributed by atoms with E-state index in [4.69, 9.17) is 0 Å². The number of nitrogens with one attached hydrogen (secondary N) is 1. The van der Waals surface area contributed by atoms with Gasteiger partial charge >= 0.3 is 6.18 Å². The van der Waals surface area contributed by atoms with Crippen molar-refractivity contribution in [3.63, 3.8) is 0 Å². The summed E-state index contributed by atoms with van der Waals surface area (Å²) in [5, 5.41) is 0.583. The molecule has 11 heteroatoms. The molecule has 1 N–H and O–H groups in total. The summed E-state index contributed by atoms with van der Waals surface area (Å²) in [4.78, 5) is 27.9. The molecule has 0 saturated carbocycles. The van der Waals surface area contributed by atoms with Crippen molar-refractivity contribution >= 4 is 23.5 Å². The first-order valence-corrected chi connectivity index (χ1v) is 7.02. The third-order valence-electron chi connectivity index (χ3n) is 3.65. The Labute approximate surface area is 137 Å². The SMILES string of the molecule is CC1=CC(=O)N(Nc2ccc(C(F)(F)F)c(N3CC(F)(F)C3)n2)C1=O. The number of hydrazine groups is 1. The summed E-state index contributed by atoms with van der Waals surface area (Å²) in [5.74, 6) is -5.41. The van der Waals surface area contributed by atoms with Crippen molar-refractivity contribution < 1.29 is 31.5 Å². The topological polar surface area (TPSA) is 65.5 Å². The van der Waals surface area contributed by atoms with Gasteiger partial charge in [0.2, 0.25) is 0 Å². The Balaban J connectivity index is 1.90. The first-order valence-electron chi connectivity index (χ1n) is 7.02. The number of aromatic nitrogens is 1. The smallest absolute Gasteiger partial charge is 0.344 e. The summed E-state index contributed by atoms with van der Waals surface area (Å²) in [6, 6.07) is 1.57.